The monoisotopic (exact) mass is 988 g/mol. The fraction of sp³-hybridized carbons (Fsp3) is 0.367. The highest BCUT2D eigenvalue weighted by molar-refractivity contribution is 5.99. The Morgan fingerprint density at radius 1 is 0.389 bits per heavy atom. The first-order valence-corrected chi connectivity index (χ1v) is 23.8. The van der Waals surface area contributed by atoms with E-state index in [4.69, 9.17) is 34.4 Å². The molecule has 6 rings (SSSR count). The Bertz CT molecular complexity index is 2760. The number of rotatable bonds is 18. The maximum atomic E-state index is 14.9. The molecule has 0 unspecified atom stereocenters. The van der Waals surface area contributed by atoms with Gasteiger partial charge in [0.2, 0.25) is 35.4 Å². The lowest BCUT2D eigenvalue weighted by atomic mass is 10.00. The summed E-state index contributed by atoms with van der Waals surface area (Å²) in [5.41, 5.74) is 37.1. The highest BCUT2D eigenvalue weighted by Gasteiger charge is 2.36. The molecule has 0 spiro atoms. The summed E-state index contributed by atoms with van der Waals surface area (Å²) in [7, 11) is 0. The fourth-order valence-corrected chi connectivity index (χ4v) is 8.47. The Morgan fingerprint density at radius 2 is 0.694 bits per heavy atom. The van der Waals surface area contributed by atoms with Gasteiger partial charge in [-0.15, -0.1) is 0 Å². The average molecular weight is 988 g/mol. The van der Waals surface area contributed by atoms with Crippen molar-refractivity contribution in [3.63, 3.8) is 0 Å². The number of aliphatic imine (C=N–C) groups is 3. The number of fused-ring (bicyclic) bond motifs is 2. The van der Waals surface area contributed by atoms with Crippen LogP contribution in [0.4, 0.5) is 0 Å². The van der Waals surface area contributed by atoms with Crippen molar-refractivity contribution in [3.05, 3.63) is 108 Å². The first-order valence-electron chi connectivity index (χ1n) is 23.8. The third kappa shape index (κ3) is 15.4. The Morgan fingerprint density at radius 3 is 1.06 bits per heavy atom. The van der Waals surface area contributed by atoms with Crippen LogP contribution in [0.2, 0.25) is 0 Å². The molecular formula is C49H65N17O6. The fourth-order valence-electron chi connectivity index (χ4n) is 8.47. The smallest absolute Gasteiger partial charge is 0.243 e. The van der Waals surface area contributed by atoms with Gasteiger partial charge in [0.25, 0.3) is 0 Å². The maximum absolute atomic E-state index is 14.9. The number of para-hydroxylation sites is 2. The summed E-state index contributed by atoms with van der Waals surface area (Å²) >= 11 is 0. The number of hydrogen-bond donors (Lipinski definition) is 14. The van der Waals surface area contributed by atoms with Gasteiger partial charge >= 0.3 is 0 Å². The molecule has 3 aromatic carbocycles. The molecule has 382 valence electrons. The number of hydrogen-bond acceptors (Lipinski definition) is 9. The summed E-state index contributed by atoms with van der Waals surface area (Å²) in [6.45, 7) is 0.301. The lowest BCUT2D eigenvalue weighted by Gasteiger charge is -2.29. The van der Waals surface area contributed by atoms with Crippen LogP contribution in [0, 0.1) is 0 Å². The molecule has 23 nitrogen and oxygen atoms in total. The molecule has 3 heterocycles. The van der Waals surface area contributed by atoms with Gasteiger partial charge in [0.15, 0.2) is 17.9 Å². The predicted molar refractivity (Wildman–Crippen MR) is 275 cm³/mol. The summed E-state index contributed by atoms with van der Waals surface area (Å²) < 4.78 is 0. The van der Waals surface area contributed by atoms with Crippen LogP contribution in [0.3, 0.4) is 0 Å². The highest BCUT2D eigenvalue weighted by Crippen LogP contribution is 2.22. The van der Waals surface area contributed by atoms with Crippen molar-refractivity contribution < 1.29 is 28.8 Å². The molecular weight excluding hydrogens is 923 g/mol. The zero-order chi connectivity index (χ0) is 51.6. The molecule has 6 atom stereocenters. The number of nitrogens with two attached hydrogens (primary N) is 6. The molecule has 5 aromatic rings. The van der Waals surface area contributed by atoms with Crippen LogP contribution in [-0.4, -0.2) is 119 Å². The van der Waals surface area contributed by atoms with E-state index in [2.05, 4.69) is 56.8 Å². The van der Waals surface area contributed by atoms with Gasteiger partial charge < -0.3 is 76.3 Å². The number of nitrogens with zero attached hydrogens (tertiary/aromatic N) is 3. The second kappa shape index (κ2) is 25.8. The number of carbonyl (C=O) groups excluding carboxylic acids is 6. The van der Waals surface area contributed by atoms with E-state index in [0.717, 1.165) is 21.8 Å². The van der Waals surface area contributed by atoms with Crippen molar-refractivity contribution in [2.75, 3.05) is 19.6 Å². The third-order valence-corrected chi connectivity index (χ3v) is 12.1. The van der Waals surface area contributed by atoms with Gasteiger partial charge in [-0.2, -0.15) is 0 Å². The Hall–Kier alpha value is -8.63. The van der Waals surface area contributed by atoms with Crippen molar-refractivity contribution >= 4 is 75.1 Å². The summed E-state index contributed by atoms with van der Waals surface area (Å²) in [5, 5.41) is 18.6. The van der Waals surface area contributed by atoms with E-state index in [1.54, 1.807) is 42.7 Å². The van der Waals surface area contributed by atoms with Crippen LogP contribution >= 0.6 is 0 Å². The quantitative estimate of drug-likeness (QED) is 0.0279. The largest absolute Gasteiger partial charge is 0.370 e. The van der Waals surface area contributed by atoms with Gasteiger partial charge in [-0.05, 0) is 67.3 Å². The molecule has 6 amide bonds. The summed E-state index contributed by atoms with van der Waals surface area (Å²) in [4.78, 5) is 107. The molecule has 1 saturated heterocycles. The molecule has 20 N–H and O–H groups in total. The van der Waals surface area contributed by atoms with Crippen LogP contribution in [0.25, 0.3) is 21.8 Å². The number of benzene rings is 3. The van der Waals surface area contributed by atoms with Crippen molar-refractivity contribution in [1.29, 1.82) is 0 Å². The average Bonchev–Trinajstić information content (AvgIpc) is 3.96. The predicted octanol–water partition coefficient (Wildman–Crippen LogP) is -1.24. The minimum Gasteiger partial charge on any atom is -0.370 e. The Kier molecular flexibility index (Phi) is 18.9. The number of guanidine groups is 3. The van der Waals surface area contributed by atoms with E-state index < -0.39 is 71.7 Å². The molecule has 0 aliphatic carbocycles. The standard InChI is InChI=1S/C49H65N17O6/c50-47(51)56-20-8-17-35-41(67)61-36(18-9-21-57-48(52)53)43(69)65-40(25-30-27-60-34-16-7-5-14-32(30)34)46(72)66-39(24-29-26-59-33-15-6-4-13-31(29)33)45(71)63-37(19-10-22-58-49(54)55)42(68)64-38(44(70)62-35)23-28-11-2-1-3-12-28/h1-7,11-16,26-27,35-40,59-60H,8-10,17-25H2,(H,61,67)(H,62,70)(H,63,71)(H,64,68)(H,65,69)(H,66,72)(H4,50,51,56)(H4,52,53,57)(H4,54,55,58)/t35-,36-,37+,38-,39-,40-/m0/s1. The first-order chi connectivity index (χ1) is 34.6. The third-order valence-electron chi connectivity index (χ3n) is 12.1. The SMILES string of the molecule is NC(N)=NCCC[C@@H]1NC(=O)[C@H](CCCN=C(N)N)NC(=O)[C@H](Cc2ccccc2)NC(=O)[C@@H](CCCN=C(N)N)NC(=O)[C@H](Cc2c[nH]c3ccccc23)NC(=O)[C@H](Cc2c[nH]c3ccccc23)NC1=O. The molecule has 1 aliphatic heterocycles. The van der Waals surface area contributed by atoms with Crippen LogP contribution in [-0.2, 0) is 48.0 Å². The van der Waals surface area contributed by atoms with E-state index in [-0.39, 0.29) is 95.3 Å². The molecule has 0 radical (unpaired) electrons. The van der Waals surface area contributed by atoms with E-state index in [0.29, 0.717) is 16.7 Å². The highest BCUT2D eigenvalue weighted by atomic mass is 16.2. The lowest BCUT2D eigenvalue weighted by Crippen LogP contribution is -2.62. The second-order valence-corrected chi connectivity index (χ2v) is 17.5. The first kappa shape index (κ1) is 52.7. The number of carbonyl (C=O) groups is 6. The van der Waals surface area contributed by atoms with Gasteiger partial charge in [-0.25, -0.2) is 0 Å². The zero-order valence-corrected chi connectivity index (χ0v) is 39.9. The summed E-state index contributed by atoms with van der Waals surface area (Å²) in [6, 6.07) is 15.9. The lowest BCUT2D eigenvalue weighted by molar-refractivity contribution is -0.136. The topological polar surface area (TPSA) is 399 Å². The Balaban J connectivity index is 1.45. The van der Waals surface area contributed by atoms with Crippen molar-refractivity contribution in [2.45, 2.75) is 94.0 Å². The molecule has 0 saturated carbocycles. The molecule has 1 aliphatic rings. The number of amides is 6. The molecule has 0 bridgehead atoms. The van der Waals surface area contributed by atoms with Gasteiger partial charge in [0, 0.05) is 73.1 Å². The van der Waals surface area contributed by atoms with Crippen LogP contribution in [0.1, 0.15) is 55.2 Å². The summed E-state index contributed by atoms with van der Waals surface area (Å²) in [6.07, 6.45) is 3.96. The molecule has 72 heavy (non-hydrogen) atoms. The van der Waals surface area contributed by atoms with Crippen molar-refractivity contribution in [3.8, 4) is 0 Å². The molecule has 23 heteroatoms. The van der Waals surface area contributed by atoms with Gasteiger partial charge in [0.05, 0.1) is 0 Å². The van der Waals surface area contributed by atoms with Crippen LogP contribution in [0.15, 0.2) is 106 Å². The maximum Gasteiger partial charge on any atom is 0.243 e. The minimum absolute atomic E-state index is 0.00141. The van der Waals surface area contributed by atoms with E-state index in [9.17, 15) is 28.8 Å². The van der Waals surface area contributed by atoms with Gasteiger partial charge in [-0.3, -0.25) is 43.7 Å². The minimum atomic E-state index is -1.33. The number of H-pyrrole nitrogens is 2. The Labute approximate surface area is 415 Å². The number of nitrogens with one attached hydrogen (secondary N) is 8. The number of aromatic nitrogens is 2. The number of aromatic amines is 2. The second-order valence-electron chi connectivity index (χ2n) is 17.5. The van der Waals surface area contributed by atoms with Crippen LogP contribution < -0.4 is 66.3 Å². The molecule has 2 aromatic heterocycles. The normalized spacial score (nSPS) is 20.4. The van der Waals surface area contributed by atoms with Crippen molar-refractivity contribution in [2.24, 2.45) is 49.4 Å². The van der Waals surface area contributed by atoms with E-state index in [1.807, 2.05) is 48.5 Å². The van der Waals surface area contributed by atoms with E-state index in [1.165, 1.54) is 0 Å². The molecule has 1 fully saturated rings. The van der Waals surface area contributed by atoms with Crippen molar-refractivity contribution in [1.82, 2.24) is 41.9 Å². The zero-order valence-electron chi connectivity index (χ0n) is 39.9. The van der Waals surface area contributed by atoms with Crippen LogP contribution in [0.5, 0.6) is 0 Å². The van der Waals surface area contributed by atoms with Gasteiger partial charge in [0.1, 0.15) is 36.3 Å². The summed E-state index contributed by atoms with van der Waals surface area (Å²) in [5.74, 6) is -4.95. The van der Waals surface area contributed by atoms with Gasteiger partial charge in [-0.1, -0.05) is 66.7 Å². The van der Waals surface area contributed by atoms with E-state index >= 15 is 0 Å².